The molecule has 28 heavy (non-hydrogen) atoms. The van der Waals surface area contributed by atoms with Gasteiger partial charge in [-0.2, -0.15) is 0 Å². The summed E-state index contributed by atoms with van der Waals surface area (Å²) >= 11 is 0. The average molecular weight is 388 g/mol. The van der Waals surface area contributed by atoms with Crippen LogP contribution in [0.5, 0.6) is 0 Å². The van der Waals surface area contributed by atoms with Crippen LogP contribution in [-0.4, -0.2) is 56.0 Å². The molecule has 2 aromatic rings. The largest absolute Gasteiger partial charge is 0.369 e. The van der Waals surface area contributed by atoms with E-state index < -0.39 is 23.4 Å². The topological polar surface area (TPSA) is 64.7 Å². The second-order valence-corrected chi connectivity index (χ2v) is 6.50. The predicted octanol–water partition coefficient (Wildman–Crippen LogP) is 1.84. The molecule has 6 nitrogen and oxygen atoms in total. The van der Waals surface area contributed by atoms with Gasteiger partial charge in [-0.15, -0.1) is 0 Å². The fourth-order valence-corrected chi connectivity index (χ4v) is 3.05. The molecule has 2 N–H and O–H groups in total. The van der Waals surface area contributed by atoms with Gasteiger partial charge in [-0.1, -0.05) is 18.2 Å². The number of nitrogens with zero attached hydrogens (tertiary/aromatic N) is 2. The highest BCUT2D eigenvalue weighted by Crippen LogP contribution is 2.16. The molecule has 0 unspecified atom stereocenters. The van der Waals surface area contributed by atoms with Crippen molar-refractivity contribution >= 4 is 23.2 Å². The van der Waals surface area contributed by atoms with E-state index in [2.05, 4.69) is 32.6 Å². The Morgan fingerprint density at radius 2 is 1.64 bits per heavy atom. The van der Waals surface area contributed by atoms with E-state index in [1.165, 1.54) is 5.69 Å². The molecule has 1 heterocycles. The van der Waals surface area contributed by atoms with E-state index in [0.29, 0.717) is 19.2 Å². The molecule has 3 rings (SSSR count). The van der Waals surface area contributed by atoms with Crippen LogP contribution in [0.4, 0.5) is 20.2 Å². The Hall–Kier alpha value is -3.00. The molecule has 1 fully saturated rings. The van der Waals surface area contributed by atoms with Crippen molar-refractivity contribution in [2.75, 3.05) is 49.5 Å². The minimum Gasteiger partial charge on any atom is -0.369 e. The summed E-state index contributed by atoms with van der Waals surface area (Å²) < 4.78 is 26.4. The highest BCUT2D eigenvalue weighted by atomic mass is 19.1. The summed E-state index contributed by atoms with van der Waals surface area (Å²) in [5.74, 6) is -3.53. The van der Waals surface area contributed by atoms with Gasteiger partial charge < -0.3 is 15.5 Å². The third kappa shape index (κ3) is 5.26. The van der Waals surface area contributed by atoms with E-state index in [1.807, 2.05) is 18.2 Å². The van der Waals surface area contributed by atoms with Gasteiger partial charge >= 0.3 is 11.8 Å². The molecular weight excluding hydrogens is 366 g/mol. The Morgan fingerprint density at radius 3 is 2.32 bits per heavy atom. The average Bonchev–Trinajstić information content (AvgIpc) is 2.71. The van der Waals surface area contributed by atoms with Gasteiger partial charge in [-0.05, 0) is 24.3 Å². The maximum atomic E-state index is 13.5. The summed E-state index contributed by atoms with van der Waals surface area (Å²) in [6, 6.07) is 12.9. The number of halogens is 2. The number of nitrogens with one attached hydrogen (secondary N) is 2. The van der Waals surface area contributed by atoms with E-state index >= 15 is 0 Å². The van der Waals surface area contributed by atoms with Crippen LogP contribution < -0.4 is 15.5 Å². The first-order chi connectivity index (χ1) is 13.5. The smallest absolute Gasteiger partial charge is 0.313 e. The lowest BCUT2D eigenvalue weighted by molar-refractivity contribution is -0.136. The summed E-state index contributed by atoms with van der Waals surface area (Å²) in [5.41, 5.74) is 0.957. The van der Waals surface area contributed by atoms with E-state index in [1.54, 1.807) is 0 Å². The van der Waals surface area contributed by atoms with Crippen LogP contribution in [0, 0.1) is 11.6 Å². The van der Waals surface area contributed by atoms with Crippen molar-refractivity contribution in [3.63, 3.8) is 0 Å². The number of carbonyl (C=O) groups is 2. The van der Waals surface area contributed by atoms with Gasteiger partial charge in [0.1, 0.15) is 11.6 Å². The molecule has 1 aliphatic heterocycles. The first-order valence-corrected chi connectivity index (χ1v) is 9.09. The maximum absolute atomic E-state index is 13.5. The molecule has 2 aromatic carbocycles. The minimum absolute atomic E-state index is 0.237. The number of anilines is 2. The Balaban J connectivity index is 1.38. The van der Waals surface area contributed by atoms with Gasteiger partial charge in [0.2, 0.25) is 0 Å². The predicted molar refractivity (Wildman–Crippen MR) is 103 cm³/mol. The lowest BCUT2D eigenvalue weighted by atomic mass is 10.2. The molecule has 0 bridgehead atoms. The molecule has 1 saturated heterocycles. The van der Waals surface area contributed by atoms with Gasteiger partial charge in [-0.25, -0.2) is 8.78 Å². The van der Waals surface area contributed by atoms with Gasteiger partial charge in [0, 0.05) is 51.0 Å². The fraction of sp³-hybridized carbons (Fsp3) is 0.300. The lowest BCUT2D eigenvalue weighted by Crippen LogP contribution is -2.49. The number of rotatable bonds is 5. The summed E-state index contributed by atoms with van der Waals surface area (Å²) in [5, 5.41) is 4.66. The van der Waals surface area contributed by atoms with Crippen molar-refractivity contribution in [3.8, 4) is 0 Å². The highest BCUT2D eigenvalue weighted by Gasteiger charge is 2.19. The summed E-state index contributed by atoms with van der Waals surface area (Å²) in [7, 11) is 0. The van der Waals surface area contributed by atoms with E-state index in [9.17, 15) is 18.4 Å². The van der Waals surface area contributed by atoms with Crippen LogP contribution >= 0.6 is 0 Å². The molecule has 1 aliphatic rings. The van der Waals surface area contributed by atoms with Gasteiger partial charge in [0.05, 0.1) is 5.69 Å². The SMILES string of the molecule is O=C(NCCN1CCN(c2ccccc2)CC1)C(=O)Nc1ccc(F)cc1F. The third-order valence-corrected chi connectivity index (χ3v) is 4.59. The van der Waals surface area contributed by atoms with Crippen LogP contribution in [-0.2, 0) is 9.59 Å². The summed E-state index contributed by atoms with van der Waals surface area (Å²) in [6.07, 6.45) is 0. The Labute approximate surface area is 162 Å². The maximum Gasteiger partial charge on any atom is 0.313 e. The number of hydrogen-bond acceptors (Lipinski definition) is 4. The molecule has 8 heteroatoms. The molecule has 0 radical (unpaired) electrons. The summed E-state index contributed by atoms with van der Waals surface area (Å²) in [6.45, 7) is 4.43. The number of carbonyl (C=O) groups excluding carboxylic acids is 2. The fourth-order valence-electron chi connectivity index (χ4n) is 3.05. The van der Waals surface area contributed by atoms with Gasteiger partial charge in [0.25, 0.3) is 0 Å². The molecule has 0 atom stereocenters. The zero-order chi connectivity index (χ0) is 19.9. The zero-order valence-electron chi connectivity index (χ0n) is 15.3. The van der Waals surface area contributed by atoms with E-state index in [-0.39, 0.29) is 5.69 Å². The van der Waals surface area contributed by atoms with Crippen molar-refractivity contribution in [1.29, 1.82) is 0 Å². The number of piperazine rings is 1. The molecule has 0 spiro atoms. The molecule has 2 amide bonds. The third-order valence-electron chi connectivity index (χ3n) is 4.59. The second-order valence-electron chi connectivity index (χ2n) is 6.50. The normalized spacial score (nSPS) is 14.6. The number of para-hydroxylation sites is 1. The minimum atomic E-state index is -0.987. The standard InChI is InChI=1S/C20H22F2N4O2/c21-15-6-7-18(17(22)14-15)24-20(28)19(27)23-8-9-25-10-12-26(13-11-25)16-4-2-1-3-5-16/h1-7,14H,8-13H2,(H,23,27)(H,24,28). The van der Waals surface area contributed by atoms with Crippen LogP contribution in [0.15, 0.2) is 48.5 Å². The lowest BCUT2D eigenvalue weighted by Gasteiger charge is -2.36. The molecular formula is C20H22F2N4O2. The van der Waals surface area contributed by atoms with Crippen molar-refractivity contribution in [2.24, 2.45) is 0 Å². The summed E-state index contributed by atoms with van der Waals surface area (Å²) in [4.78, 5) is 28.2. The van der Waals surface area contributed by atoms with E-state index in [4.69, 9.17) is 0 Å². The highest BCUT2D eigenvalue weighted by molar-refractivity contribution is 6.39. The van der Waals surface area contributed by atoms with Crippen LogP contribution in [0.3, 0.4) is 0 Å². The monoisotopic (exact) mass is 388 g/mol. The molecule has 0 saturated carbocycles. The first-order valence-electron chi connectivity index (χ1n) is 9.09. The van der Waals surface area contributed by atoms with Crippen molar-refractivity contribution in [2.45, 2.75) is 0 Å². The molecule has 0 aromatic heterocycles. The second kappa shape index (κ2) is 9.27. The Bertz CT molecular complexity index is 824. The molecule has 0 aliphatic carbocycles. The zero-order valence-corrected chi connectivity index (χ0v) is 15.3. The van der Waals surface area contributed by atoms with Crippen LogP contribution in [0.1, 0.15) is 0 Å². The molecule has 148 valence electrons. The van der Waals surface area contributed by atoms with E-state index in [0.717, 1.165) is 38.3 Å². The van der Waals surface area contributed by atoms with Crippen LogP contribution in [0.25, 0.3) is 0 Å². The Morgan fingerprint density at radius 1 is 0.929 bits per heavy atom. The van der Waals surface area contributed by atoms with Crippen molar-refractivity contribution in [1.82, 2.24) is 10.2 Å². The van der Waals surface area contributed by atoms with Crippen LogP contribution in [0.2, 0.25) is 0 Å². The number of amides is 2. The number of hydrogen-bond donors (Lipinski definition) is 2. The Kier molecular flexibility index (Phi) is 6.54. The van der Waals surface area contributed by atoms with Gasteiger partial charge in [0.15, 0.2) is 0 Å². The van der Waals surface area contributed by atoms with Crippen molar-refractivity contribution < 1.29 is 18.4 Å². The number of benzene rings is 2. The quantitative estimate of drug-likeness (QED) is 0.768. The van der Waals surface area contributed by atoms with Crippen molar-refractivity contribution in [3.05, 3.63) is 60.2 Å². The first kappa shape index (κ1) is 19.8. The van der Waals surface area contributed by atoms with Gasteiger partial charge in [-0.3, -0.25) is 14.5 Å².